The predicted octanol–water partition coefficient (Wildman–Crippen LogP) is 3.96. The molecule has 1 heterocycles. The fourth-order valence-electron chi connectivity index (χ4n) is 1.64. The number of carbonyl (C=O) groups excluding carboxylic acids is 1. The smallest absolute Gasteiger partial charge is 0.290 e. The quantitative estimate of drug-likeness (QED) is 0.868. The van der Waals surface area contributed by atoms with Crippen LogP contribution < -0.4 is 5.32 Å². The first-order valence-electron chi connectivity index (χ1n) is 5.84. The van der Waals surface area contributed by atoms with E-state index in [2.05, 4.69) is 10.3 Å². The van der Waals surface area contributed by atoms with Gasteiger partial charge in [-0.15, -0.1) is 0 Å². The van der Waals surface area contributed by atoms with E-state index in [1.54, 1.807) is 18.2 Å². The summed E-state index contributed by atoms with van der Waals surface area (Å²) in [5.41, 5.74) is 1.68. The monoisotopic (exact) mass is 294 g/mol. The Morgan fingerprint density at radius 3 is 2.70 bits per heavy atom. The second-order valence-corrected chi connectivity index (χ2v) is 4.98. The molecule has 0 aliphatic heterocycles. The fourth-order valence-corrected chi connectivity index (χ4v) is 2.22. The van der Waals surface area contributed by atoms with Crippen LogP contribution in [0.4, 0.5) is 14.5 Å². The van der Waals surface area contributed by atoms with E-state index >= 15 is 0 Å². The SMILES string of the molecule is Cc1ccccc1NC(=O)c1cccnc1SC(F)F. The molecule has 3 nitrogen and oxygen atoms in total. The summed E-state index contributed by atoms with van der Waals surface area (Å²) in [7, 11) is 0. The van der Waals surface area contributed by atoms with Gasteiger partial charge in [0.2, 0.25) is 0 Å². The average molecular weight is 294 g/mol. The van der Waals surface area contributed by atoms with Crippen molar-refractivity contribution in [2.45, 2.75) is 17.7 Å². The van der Waals surface area contributed by atoms with Crippen LogP contribution in [-0.2, 0) is 0 Å². The number of hydrogen-bond acceptors (Lipinski definition) is 3. The topological polar surface area (TPSA) is 42.0 Å². The molecule has 1 N–H and O–H groups in total. The van der Waals surface area contributed by atoms with Crippen LogP contribution in [0.1, 0.15) is 15.9 Å². The van der Waals surface area contributed by atoms with Crippen LogP contribution in [0, 0.1) is 6.92 Å². The van der Waals surface area contributed by atoms with Crippen LogP contribution in [-0.4, -0.2) is 16.6 Å². The molecule has 1 aromatic heterocycles. The Bertz CT molecular complexity index is 620. The van der Waals surface area contributed by atoms with Gasteiger partial charge in [-0.1, -0.05) is 18.2 Å². The molecule has 0 radical (unpaired) electrons. The molecule has 1 amide bonds. The van der Waals surface area contributed by atoms with Crippen molar-refractivity contribution in [3.63, 3.8) is 0 Å². The molecule has 0 aliphatic rings. The number of rotatable bonds is 4. The van der Waals surface area contributed by atoms with Crippen molar-refractivity contribution in [2.24, 2.45) is 0 Å². The minimum Gasteiger partial charge on any atom is -0.322 e. The van der Waals surface area contributed by atoms with E-state index in [1.807, 2.05) is 19.1 Å². The van der Waals surface area contributed by atoms with Gasteiger partial charge in [0.15, 0.2) is 0 Å². The summed E-state index contributed by atoms with van der Waals surface area (Å²) in [5, 5.41) is 2.72. The molecule has 0 saturated heterocycles. The number of benzene rings is 1. The Kier molecular flexibility index (Phi) is 4.68. The number of aryl methyl sites for hydroxylation is 1. The van der Waals surface area contributed by atoms with Crippen molar-refractivity contribution in [1.29, 1.82) is 0 Å². The maximum atomic E-state index is 12.4. The predicted molar refractivity (Wildman–Crippen MR) is 75.2 cm³/mol. The molecule has 2 aromatic rings. The molecule has 1 aromatic carbocycles. The maximum absolute atomic E-state index is 12.4. The highest BCUT2D eigenvalue weighted by atomic mass is 32.2. The van der Waals surface area contributed by atoms with Gasteiger partial charge >= 0.3 is 0 Å². The van der Waals surface area contributed by atoms with Crippen LogP contribution >= 0.6 is 11.8 Å². The van der Waals surface area contributed by atoms with E-state index in [0.29, 0.717) is 5.69 Å². The first-order chi connectivity index (χ1) is 9.58. The number of nitrogens with zero attached hydrogens (tertiary/aromatic N) is 1. The molecule has 0 aliphatic carbocycles. The van der Waals surface area contributed by atoms with Crippen LogP contribution in [0.5, 0.6) is 0 Å². The summed E-state index contributed by atoms with van der Waals surface area (Å²) >= 11 is 0.263. The lowest BCUT2D eigenvalue weighted by molar-refractivity contribution is 0.102. The lowest BCUT2D eigenvalue weighted by Gasteiger charge is -2.10. The summed E-state index contributed by atoms with van der Waals surface area (Å²) in [6.45, 7) is 1.85. The largest absolute Gasteiger partial charge is 0.322 e. The summed E-state index contributed by atoms with van der Waals surface area (Å²) in [4.78, 5) is 16.0. The highest BCUT2D eigenvalue weighted by Gasteiger charge is 2.17. The van der Waals surface area contributed by atoms with Gasteiger partial charge in [-0.3, -0.25) is 4.79 Å². The molecule has 6 heteroatoms. The van der Waals surface area contributed by atoms with Crippen LogP contribution in [0.2, 0.25) is 0 Å². The average Bonchev–Trinajstić information content (AvgIpc) is 2.41. The molecule has 0 atom stereocenters. The number of alkyl halides is 2. The number of aromatic nitrogens is 1. The normalized spacial score (nSPS) is 10.6. The zero-order valence-corrected chi connectivity index (χ0v) is 11.5. The van der Waals surface area contributed by atoms with E-state index in [1.165, 1.54) is 12.3 Å². The van der Waals surface area contributed by atoms with Gasteiger partial charge < -0.3 is 5.32 Å². The van der Waals surface area contributed by atoms with E-state index < -0.39 is 11.7 Å². The Balaban J connectivity index is 2.23. The highest BCUT2D eigenvalue weighted by molar-refractivity contribution is 7.99. The van der Waals surface area contributed by atoms with Gasteiger partial charge in [0.05, 0.1) is 5.56 Å². The van der Waals surface area contributed by atoms with Crippen molar-refractivity contribution in [2.75, 3.05) is 5.32 Å². The molecule has 0 spiro atoms. The lowest BCUT2D eigenvalue weighted by atomic mass is 10.2. The minimum atomic E-state index is -2.62. The molecular weight excluding hydrogens is 282 g/mol. The first-order valence-corrected chi connectivity index (χ1v) is 6.72. The number of nitrogens with one attached hydrogen (secondary N) is 1. The summed E-state index contributed by atoms with van der Waals surface area (Å²) in [6, 6.07) is 10.3. The lowest BCUT2D eigenvalue weighted by Crippen LogP contribution is -2.14. The van der Waals surface area contributed by atoms with Crippen molar-refractivity contribution in [1.82, 2.24) is 4.98 Å². The van der Waals surface area contributed by atoms with Crippen LogP contribution in [0.25, 0.3) is 0 Å². The minimum absolute atomic E-state index is 0.0218. The van der Waals surface area contributed by atoms with Gasteiger partial charge in [-0.05, 0) is 42.4 Å². The number of carbonyl (C=O) groups is 1. The molecule has 104 valence electrons. The van der Waals surface area contributed by atoms with Crippen molar-refractivity contribution < 1.29 is 13.6 Å². The standard InChI is InChI=1S/C14H12F2N2OS/c1-9-5-2-3-7-11(9)18-12(19)10-6-4-8-17-13(10)20-14(15)16/h2-8,14H,1H3,(H,18,19). The van der Waals surface area contributed by atoms with E-state index in [9.17, 15) is 13.6 Å². The maximum Gasteiger partial charge on any atom is 0.290 e. The van der Waals surface area contributed by atoms with E-state index in [-0.39, 0.29) is 22.4 Å². The Morgan fingerprint density at radius 1 is 1.25 bits per heavy atom. The summed E-state index contributed by atoms with van der Waals surface area (Å²) in [5.74, 6) is -3.06. The third-order valence-electron chi connectivity index (χ3n) is 2.61. The molecule has 2 rings (SSSR count). The molecule has 20 heavy (non-hydrogen) atoms. The Hall–Kier alpha value is -1.95. The van der Waals surface area contributed by atoms with Gasteiger partial charge in [0.25, 0.3) is 11.7 Å². The van der Waals surface area contributed by atoms with Crippen molar-refractivity contribution in [3.8, 4) is 0 Å². The zero-order valence-electron chi connectivity index (χ0n) is 10.6. The summed E-state index contributed by atoms with van der Waals surface area (Å²) in [6.07, 6.45) is 1.38. The number of anilines is 1. The third kappa shape index (κ3) is 3.54. The number of thioether (sulfide) groups is 1. The Morgan fingerprint density at radius 2 is 2.00 bits per heavy atom. The fraction of sp³-hybridized carbons (Fsp3) is 0.143. The van der Waals surface area contributed by atoms with Crippen LogP contribution in [0.3, 0.4) is 0 Å². The third-order valence-corrected chi connectivity index (χ3v) is 3.34. The number of amides is 1. The second kappa shape index (κ2) is 6.47. The van der Waals surface area contributed by atoms with Crippen LogP contribution in [0.15, 0.2) is 47.6 Å². The van der Waals surface area contributed by atoms with Crippen molar-refractivity contribution in [3.05, 3.63) is 53.7 Å². The molecular formula is C14H12F2N2OS. The Labute approximate surface area is 119 Å². The first kappa shape index (κ1) is 14.5. The summed E-state index contributed by atoms with van der Waals surface area (Å²) < 4.78 is 24.9. The van der Waals surface area contributed by atoms with E-state index in [0.717, 1.165) is 5.56 Å². The van der Waals surface area contributed by atoms with Gasteiger partial charge in [-0.25, -0.2) is 4.98 Å². The second-order valence-electron chi connectivity index (χ2n) is 4.00. The number of para-hydroxylation sites is 1. The van der Waals surface area contributed by atoms with Gasteiger partial charge in [0, 0.05) is 11.9 Å². The van der Waals surface area contributed by atoms with Crippen molar-refractivity contribution >= 4 is 23.4 Å². The molecule has 0 saturated carbocycles. The number of hydrogen-bond donors (Lipinski definition) is 1. The molecule has 0 fully saturated rings. The number of pyridine rings is 1. The van der Waals surface area contributed by atoms with Gasteiger partial charge in [-0.2, -0.15) is 8.78 Å². The van der Waals surface area contributed by atoms with E-state index in [4.69, 9.17) is 0 Å². The van der Waals surface area contributed by atoms with Gasteiger partial charge in [0.1, 0.15) is 5.03 Å². The molecule has 0 bridgehead atoms. The molecule has 0 unspecified atom stereocenters. The number of halogens is 2. The zero-order chi connectivity index (χ0) is 14.5. The highest BCUT2D eigenvalue weighted by Crippen LogP contribution is 2.27.